The normalized spacial score (nSPS) is 8.85. The van der Waals surface area contributed by atoms with Gasteiger partial charge in [-0.2, -0.15) is 0 Å². The first-order valence-corrected chi connectivity index (χ1v) is 4.56. The smallest absolute Gasteiger partial charge is 0.373 e. The highest BCUT2D eigenvalue weighted by molar-refractivity contribution is 7.45. The van der Waals surface area contributed by atoms with Gasteiger partial charge in [0.2, 0.25) is 0 Å². The lowest BCUT2D eigenvalue weighted by Crippen LogP contribution is -1.87. The van der Waals surface area contributed by atoms with E-state index in [1.165, 1.54) is 0 Å². The Kier molecular flexibility index (Phi) is 16.2. The third-order valence-corrected chi connectivity index (χ3v) is 0.471. The maximum atomic E-state index is 8.88. The Morgan fingerprint density at radius 1 is 1.15 bits per heavy atom. The lowest BCUT2D eigenvalue weighted by Gasteiger charge is -1.89. The minimum atomic E-state index is -4.64. The van der Waals surface area contributed by atoms with E-state index in [0.717, 1.165) is 0 Å². The van der Waals surface area contributed by atoms with Gasteiger partial charge in [-0.25, -0.2) is 4.57 Å². The first-order valence-electron chi connectivity index (χ1n) is 2.99. The van der Waals surface area contributed by atoms with Crippen molar-refractivity contribution in [2.45, 2.75) is 0 Å². The quantitative estimate of drug-likeness (QED) is 0.308. The van der Waals surface area contributed by atoms with Gasteiger partial charge in [-0.05, 0) is 0 Å². The molecule has 0 aromatic rings. The van der Waals surface area contributed by atoms with Crippen LogP contribution in [0.3, 0.4) is 0 Å². The van der Waals surface area contributed by atoms with Crippen LogP contribution in [0.4, 0.5) is 0 Å². The van der Waals surface area contributed by atoms with Crippen LogP contribution in [-0.4, -0.2) is 27.9 Å². The van der Waals surface area contributed by atoms with E-state index in [1.807, 2.05) is 0 Å². The fraction of sp³-hybridized carbons (Fsp3) is 0.333. The Hall–Kier alpha value is -0.490. The first-order chi connectivity index (χ1) is 5.41. The van der Waals surface area contributed by atoms with Crippen LogP contribution in [0.15, 0.2) is 25.3 Å². The van der Waals surface area contributed by atoms with Gasteiger partial charge in [0.15, 0.2) is 0 Å². The monoisotopic (exact) mass is 213 g/mol. The summed E-state index contributed by atoms with van der Waals surface area (Å²) in [5.41, 5.74) is 0. The summed E-state index contributed by atoms with van der Waals surface area (Å²) in [6.45, 7) is 8.18. The number of hydrogen-bond acceptors (Lipinski definition) is 3. The molecule has 0 atom stereocenters. The van der Waals surface area contributed by atoms with Crippen molar-refractivity contribution < 1.29 is 24.0 Å². The average molecular weight is 213 g/mol. The molecule has 0 aromatic carbocycles. The molecule has 0 aliphatic carbocycles. The molecule has 0 heterocycles. The van der Waals surface area contributed by atoms with Crippen molar-refractivity contribution in [1.82, 2.24) is 6.15 Å². The van der Waals surface area contributed by atoms with E-state index in [4.69, 9.17) is 24.0 Å². The molecule has 0 aliphatic heterocycles. The molecule has 0 radical (unpaired) electrons. The fourth-order valence-electron chi connectivity index (χ4n) is 0.235. The lowest BCUT2D eigenvalue weighted by atomic mass is 10.6. The molecular formula is C6H16NO5P. The Bertz CT molecular complexity index is 150. The van der Waals surface area contributed by atoms with Gasteiger partial charge in [0.05, 0.1) is 13.2 Å². The Balaban J connectivity index is -0.000000150. The summed E-state index contributed by atoms with van der Waals surface area (Å²) < 4.78 is 13.8. The summed E-state index contributed by atoms with van der Waals surface area (Å²) in [6.07, 6.45) is 3.42. The lowest BCUT2D eigenvalue weighted by molar-refractivity contribution is 0.194. The van der Waals surface area contributed by atoms with E-state index in [0.29, 0.717) is 13.2 Å². The molecule has 0 saturated heterocycles. The summed E-state index contributed by atoms with van der Waals surface area (Å²) in [4.78, 5) is 21.6. The average Bonchev–Trinajstić information content (AvgIpc) is 1.85. The van der Waals surface area contributed by atoms with Crippen molar-refractivity contribution >= 4 is 7.82 Å². The second kappa shape index (κ2) is 11.5. The van der Waals surface area contributed by atoms with Crippen LogP contribution in [-0.2, 0) is 9.30 Å². The second-order valence-corrected chi connectivity index (χ2v) is 2.65. The van der Waals surface area contributed by atoms with Crippen LogP contribution in [0, 0.1) is 0 Å². The van der Waals surface area contributed by atoms with Gasteiger partial charge in [-0.15, -0.1) is 13.2 Å². The van der Waals surface area contributed by atoms with Crippen molar-refractivity contribution in [3.63, 3.8) is 0 Å². The van der Waals surface area contributed by atoms with Crippen molar-refractivity contribution in [3.05, 3.63) is 25.3 Å². The zero-order valence-electron chi connectivity index (χ0n) is 7.30. The Morgan fingerprint density at radius 2 is 1.38 bits per heavy atom. The molecule has 0 fully saturated rings. The number of rotatable bonds is 4. The minimum absolute atomic E-state index is 0. The fourth-order valence-corrected chi connectivity index (χ4v) is 0.235. The molecule has 0 spiro atoms. The van der Waals surface area contributed by atoms with Gasteiger partial charge >= 0.3 is 7.82 Å². The molecule has 0 rings (SSSR count). The van der Waals surface area contributed by atoms with Gasteiger partial charge in [-0.3, -0.25) is 0 Å². The molecule has 0 aromatic heterocycles. The van der Waals surface area contributed by atoms with Crippen LogP contribution in [0.1, 0.15) is 0 Å². The van der Waals surface area contributed by atoms with Gasteiger partial charge < -0.3 is 25.6 Å². The van der Waals surface area contributed by atoms with Gasteiger partial charge in [0, 0.05) is 0 Å². The molecule has 6 N–H and O–H groups in total. The SMILES string of the molecule is C=CCOCC=C.N.O=P(O)(O)O. The summed E-state index contributed by atoms with van der Waals surface area (Å²) in [6, 6.07) is 0. The van der Waals surface area contributed by atoms with Gasteiger partial charge in [-0.1, -0.05) is 12.2 Å². The first kappa shape index (κ1) is 18.3. The standard InChI is InChI=1S/C6H10O.H3N.H3O4P/c1-3-5-7-6-4-2;;1-5(2,3)4/h3-4H,1-2,5-6H2;1H3;(H3,1,2,3,4). The Morgan fingerprint density at radius 3 is 1.54 bits per heavy atom. The zero-order chi connectivity index (χ0) is 10.0. The largest absolute Gasteiger partial charge is 0.466 e. The molecule has 80 valence electrons. The van der Waals surface area contributed by atoms with Gasteiger partial charge in [0.25, 0.3) is 0 Å². The highest BCUT2D eigenvalue weighted by Gasteiger charge is 2.00. The van der Waals surface area contributed by atoms with Crippen LogP contribution < -0.4 is 6.15 Å². The van der Waals surface area contributed by atoms with Crippen molar-refractivity contribution in [3.8, 4) is 0 Å². The van der Waals surface area contributed by atoms with E-state index in [-0.39, 0.29) is 6.15 Å². The molecule has 7 heteroatoms. The highest BCUT2D eigenvalue weighted by Crippen LogP contribution is 2.25. The number of ether oxygens (including phenoxy) is 1. The summed E-state index contributed by atoms with van der Waals surface area (Å²) in [5.74, 6) is 0. The van der Waals surface area contributed by atoms with E-state index in [9.17, 15) is 0 Å². The van der Waals surface area contributed by atoms with Crippen molar-refractivity contribution in [1.29, 1.82) is 0 Å². The molecule has 0 aliphatic rings. The Labute approximate surface area is 77.4 Å². The molecule has 0 saturated carbocycles. The highest BCUT2D eigenvalue weighted by atomic mass is 31.2. The topological polar surface area (TPSA) is 122 Å². The van der Waals surface area contributed by atoms with E-state index in [1.54, 1.807) is 12.2 Å². The van der Waals surface area contributed by atoms with Crippen LogP contribution in [0.25, 0.3) is 0 Å². The molecule has 0 amide bonds. The molecule has 13 heavy (non-hydrogen) atoms. The van der Waals surface area contributed by atoms with Crippen molar-refractivity contribution in [2.75, 3.05) is 13.2 Å². The maximum absolute atomic E-state index is 8.88. The molecule has 0 bridgehead atoms. The molecular weight excluding hydrogens is 197 g/mol. The van der Waals surface area contributed by atoms with E-state index >= 15 is 0 Å². The summed E-state index contributed by atoms with van der Waals surface area (Å²) >= 11 is 0. The number of phosphoric acid groups is 1. The second-order valence-electron chi connectivity index (χ2n) is 1.63. The third kappa shape index (κ3) is 84.5. The van der Waals surface area contributed by atoms with Crippen LogP contribution in [0.2, 0.25) is 0 Å². The summed E-state index contributed by atoms with van der Waals surface area (Å²) in [5, 5.41) is 0. The van der Waals surface area contributed by atoms with Crippen LogP contribution >= 0.6 is 7.82 Å². The zero-order valence-corrected chi connectivity index (χ0v) is 8.19. The predicted molar refractivity (Wildman–Crippen MR) is 50.5 cm³/mol. The summed E-state index contributed by atoms with van der Waals surface area (Å²) in [7, 11) is -4.64. The predicted octanol–water partition coefficient (Wildman–Crippen LogP) is 0.608. The molecule has 0 unspecified atom stereocenters. The van der Waals surface area contributed by atoms with Crippen LogP contribution in [0.5, 0.6) is 0 Å². The van der Waals surface area contributed by atoms with E-state index in [2.05, 4.69) is 13.2 Å². The van der Waals surface area contributed by atoms with E-state index < -0.39 is 7.82 Å². The third-order valence-electron chi connectivity index (χ3n) is 0.471. The minimum Gasteiger partial charge on any atom is -0.373 e. The maximum Gasteiger partial charge on any atom is 0.466 e. The van der Waals surface area contributed by atoms with Crippen molar-refractivity contribution in [2.24, 2.45) is 0 Å². The molecule has 6 nitrogen and oxygen atoms in total. The van der Waals surface area contributed by atoms with Gasteiger partial charge in [0.1, 0.15) is 0 Å². The number of hydrogen-bond donors (Lipinski definition) is 4.